The van der Waals surface area contributed by atoms with Crippen molar-refractivity contribution in [2.45, 2.75) is 25.9 Å². The lowest BCUT2D eigenvalue weighted by Gasteiger charge is -1.93. The van der Waals surface area contributed by atoms with E-state index in [1.165, 1.54) is 6.08 Å². The monoisotopic (exact) mass is 256 g/mol. The molecular formula is C12H16O6. The number of carboxylic acids is 1. The van der Waals surface area contributed by atoms with E-state index in [4.69, 9.17) is 9.84 Å². The first-order valence-corrected chi connectivity index (χ1v) is 5.40. The van der Waals surface area contributed by atoms with Crippen LogP contribution in [0, 0.1) is 0 Å². The third-order valence-corrected chi connectivity index (χ3v) is 1.62. The average molecular weight is 256 g/mol. The lowest BCUT2D eigenvalue weighted by molar-refractivity contribution is -0.139. The topological polar surface area (TPSA) is 89.9 Å². The van der Waals surface area contributed by atoms with E-state index in [0.29, 0.717) is 0 Å². The van der Waals surface area contributed by atoms with E-state index in [2.05, 4.69) is 11.3 Å². The van der Waals surface area contributed by atoms with Gasteiger partial charge in [-0.15, -0.1) is 0 Å². The number of carbonyl (C=O) groups is 3. The second-order valence-corrected chi connectivity index (χ2v) is 3.26. The Kier molecular flexibility index (Phi) is 7.92. The summed E-state index contributed by atoms with van der Waals surface area (Å²) >= 11 is 0. The minimum atomic E-state index is -1.16. The Hall–Kier alpha value is -2.11. The zero-order valence-electron chi connectivity index (χ0n) is 10.1. The van der Waals surface area contributed by atoms with Crippen LogP contribution in [-0.2, 0) is 23.9 Å². The molecule has 0 aromatic carbocycles. The highest BCUT2D eigenvalue weighted by Crippen LogP contribution is 2.23. The summed E-state index contributed by atoms with van der Waals surface area (Å²) in [7, 11) is 0. The predicted octanol–water partition coefficient (Wildman–Crippen LogP) is 1.07. The van der Waals surface area contributed by atoms with Crippen molar-refractivity contribution in [2.75, 3.05) is 6.61 Å². The molecule has 0 atom stereocenters. The van der Waals surface area contributed by atoms with E-state index < -0.39 is 11.9 Å². The second-order valence-electron chi connectivity index (χ2n) is 3.26. The van der Waals surface area contributed by atoms with Gasteiger partial charge < -0.3 is 14.6 Å². The van der Waals surface area contributed by atoms with Crippen LogP contribution in [0.15, 0.2) is 24.8 Å². The van der Waals surface area contributed by atoms with Gasteiger partial charge in [0.1, 0.15) is 6.10 Å². The largest absolute Gasteiger partial charge is 0.478 e. The summed E-state index contributed by atoms with van der Waals surface area (Å²) in [6.45, 7) is 5.17. The standard InChI is InChI=1S/C6H8O4.C6H8O2/c1-2-10-6(9)4-3-5(7)8;1-2-6(7)8-5-3-4-5/h3-4H,2H2,1H3,(H,7,8);2,5H,1,3-4H2/b4-3-;. The molecule has 1 aliphatic rings. The van der Waals surface area contributed by atoms with E-state index in [-0.39, 0.29) is 18.7 Å². The first-order valence-electron chi connectivity index (χ1n) is 5.40. The third kappa shape index (κ3) is 10.4. The molecule has 0 aliphatic heterocycles. The average Bonchev–Trinajstić information content (AvgIpc) is 3.11. The number of esters is 2. The summed E-state index contributed by atoms with van der Waals surface area (Å²) in [5, 5.41) is 8.04. The van der Waals surface area contributed by atoms with Gasteiger partial charge in [0, 0.05) is 18.2 Å². The molecule has 6 nitrogen and oxygen atoms in total. The summed E-state index contributed by atoms with van der Waals surface area (Å²) in [6.07, 6.45) is 5.06. The fraction of sp³-hybridized carbons (Fsp3) is 0.417. The van der Waals surface area contributed by atoms with Crippen molar-refractivity contribution < 1.29 is 29.0 Å². The fourth-order valence-electron chi connectivity index (χ4n) is 0.728. The van der Waals surface area contributed by atoms with Crippen LogP contribution in [0.25, 0.3) is 0 Å². The zero-order chi connectivity index (χ0) is 14.0. The van der Waals surface area contributed by atoms with Crippen LogP contribution < -0.4 is 0 Å². The predicted molar refractivity (Wildman–Crippen MR) is 62.7 cm³/mol. The Balaban J connectivity index is 0.000000327. The van der Waals surface area contributed by atoms with Gasteiger partial charge in [0.15, 0.2) is 0 Å². The lowest BCUT2D eigenvalue weighted by atomic mass is 10.5. The van der Waals surface area contributed by atoms with Crippen LogP contribution in [0.3, 0.4) is 0 Å². The lowest BCUT2D eigenvalue weighted by Crippen LogP contribution is -2.00. The first-order chi connectivity index (χ1) is 8.49. The molecule has 0 aromatic heterocycles. The molecule has 1 saturated carbocycles. The fourth-order valence-corrected chi connectivity index (χ4v) is 0.728. The van der Waals surface area contributed by atoms with Crippen LogP contribution in [0.5, 0.6) is 0 Å². The quantitative estimate of drug-likeness (QED) is 0.584. The molecule has 1 N–H and O–H groups in total. The number of hydrogen-bond donors (Lipinski definition) is 1. The molecular weight excluding hydrogens is 240 g/mol. The molecule has 0 saturated heterocycles. The van der Waals surface area contributed by atoms with Crippen molar-refractivity contribution >= 4 is 17.9 Å². The zero-order valence-corrected chi connectivity index (χ0v) is 10.1. The molecule has 0 unspecified atom stereocenters. The maximum atomic E-state index is 10.4. The van der Waals surface area contributed by atoms with Gasteiger partial charge in [-0.05, 0) is 19.8 Å². The first kappa shape index (κ1) is 15.9. The van der Waals surface area contributed by atoms with Crippen molar-refractivity contribution in [2.24, 2.45) is 0 Å². The van der Waals surface area contributed by atoms with Gasteiger partial charge in [-0.1, -0.05) is 6.58 Å². The Bertz CT molecular complexity index is 340. The molecule has 100 valence electrons. The summed E-state index contributed by atoms with van der Waals surface area (Å²) < 4.78 is 9.16. The maximum Gasteiger partial charge on any atom is 0.330 e. The van der Waals surface area contributed by atoms with Crippen molar-refractivity contribution in [1.29, 1.82) is 0 Å². The molecule has 0 bridgehead atoms. The van der Waals surface area contributed by atoms with Gasteiger partial charge in [0.2, 0.25) is 0 Å². The van der Waals surface area contributed by atoms with Crippen LogP contribution in [-0.4, -0.2) is 35.7 Å². The molecule has 0 aromatic rings. The molecule has 0 spiro atoms. The van der Waals surface area contributed by atoms with Crippen LogP contribution >= 0.6 is 0 Å². The Labute approximate surface area is 105 Å². The number of aliphatic carboxylic acids is 1. The van der Waals surface area contributed by atoms with E-state index in [0.717, 1.165) is 25.0 Å². The smallest absolute Gasteiger partial charge is 0.330 e. The number of carboxylic acid groups (broad SMARTS) is 1. The minimum absolute atomic E-state index is 0.209. The Morgan fingerprint density at radius 3 is 2.28 bits per heavy atom. The molecule has 6 heteroatoms. The van der Waals surface area contributed by atoms with E-state index in [1.807, 2.05) is 0 Å². The van der Waals surface area contributed by atoms with Crippen LogP contribution in [0.2, 0.25) is 0 Å². The highest BCUT2D eigenvalue weighted by Gasteiger charge is 2.24. The number of ether oxygens (including phenoxy) is 2. The SMILES string of the molecule is C=CC(=O)OC1CC1.CCOC(=O)/C=C\C(=O)O. The minimum Gasteiger partial charge on any atom is -0.478 e. The van der Waals surface area contributed by atoms with Gasteiger partial charge in [-0.25, -0.2) is 14.4 Å². The maximum absolute atomic E-state index is 10.4. The van der Waals surface area contributed by atoms with Crippen LogP contribution in [0.4, 0.5) is 0 Å². The van der Waals surface area contributed by atoms with Crippen LogP contribution in [0.1, 0.15) is 19.8 Å². The number of carbonyl (C=O) groups excluding carboxylic acids is 2. The van der Waals surface area contributed by atoms with Gasteiger partial charge in [-0.2, -0.15) is 0 Å². The summed E-state index contributed by atoms with van der Waals surface area (Å²) in [5.74, 6) is -2.09. The molecule has 1 rings (SSSR count). The summed E-state index contributed by atoms with van der Waals surface area (Å²) in [5.41, 5.74) is 0. The number of rotatable bonds is 5. The second kappa shape index (κ2) is 8.98. The van der Waals surface area contributed by atoms with Crippen molar-refractivity contribution in [3.63, 3.8) is 0 Å². The number of hydrogen-bond acceptors (Lipinski definition) is 5. The molecule has 0 amide bonds. The Morgan fingerprint density at radius 2 is 1.89 bits per heavy atom. The van der Waals surface area contributed by atoms with Gasteiger partial charge in [-0.3, -0.25) is 0 Å². The van der Waals surface area contributed by atoms with E-state index >= 15 is 0 Å². The molecule has 1 aliphatic carbocycles. The van der Waals surface area contributed by atoms with Crippen molar-refractivity contribution in [3.05, 3.63) is 24.8 Å². The Morgan fingerprint density at radius 1 is 1.28 bits per heavy atom. The highest BCUT2D eigenvalue weighted by atomic mass is 16.5. The highest BCUT2D eigenvalue weighted by molar-refractivity contribution is 5.90. The van der Waals surface area contributed by atoms with Crippen molar-refractivity contribution in [1.82, 2.24) is 0 Å². The van der Waals surface area contributed by atoms with Gasteiger partial charge >= 0.3 is 17.9 Å². The molecule has 18 heavy (non-hydrogen) atoms. The summed E-state index contributed by atoms with van der Waals surface area (Å²) in [4.78, 5) is 30.5. The van der Waals surface area contributed by atoms with Gasteiger partial charge in [0.05, 0.1) is 6.61 Å². The normalized spacial score (nSPS) is 13.2. The molecule has 0 radical (unpaired) electrons. The molecule has 0 heterocycles. The molecule has 1 fully saturated rings. The van der Waals surface area contributed by atoms with E-state index in [9.17, 15) is 14.4 Å². The summed E-state index contributed by atoms with van der Waals surface area (Å²) in [6, 6.07) is 0. The van der Waals surface area contributed by atoms with E-state index in [1.54, 1.807) is 6.92 Å². The van der Waals surface area contributed by atoms with Gasteiger partial charge in [0.25, 0.3) is 0 Å². The van der Waals surface area contributed by atoms with Crippen molar-refractivity contribution in [3.8, 4) is 0 Å². The third-order valence-electron chi connectivity index (χ3n) is 1.62.